The van der Waals surface area contributed by atoms with Gasteiger partial charge in [0.15, 0.2) is 0 Å². The molecule has 0 aliphatic heterocycles. The van der Waals surface area contributed by atoms with Crippen molar-refractivity contribution in [2.45, 2.75) is 33.0 Å². The summed E-state index contributed by atoms with van der Waals surface area (Å²) in [6, 6.07) is 23.6. The maximum Gasteiger partial charge on any atom is 0.261 e. The first kappa shape index (κ1) is 21.8. The third-order valence-corrected chi connectivity index (χ3v) is 5.94. The number of carbonyl (C=O) groups excluding carboxylic acids is 1. The smallest absolute Gasteiger partial charge is 0.261 e. The Morgan fingerprint density at radius 3 is 2.38 bits per heavy atom. The summed E-state index contributed by atoms with van der Waals surface area (Å²) in [5.74, 6) is 0.338. The van der Waals surface area contributed by atoms with Crippen LogP contribution in [0.25, 0.3) is 10.9 Å². The fraction of sp³-hybridized carbons (Fsp3) is 0.192. The molecule has 5 nitrogen and oxygen atoms in total. The molecule has 4 rings (SSSR count). The maximum absolute atomic E-state index is 13.7. The van der Waals surface area contributed by atoms with Gasteiger partial charge < -0.3 is 4.90 Å². The number of para-hydroxylation sites is 1. The molecule has 0 spiro atoms. The zero-order chi connectivity index (χ0) is 22.7. The van der Waals surface area contributed by atoms with Crippen molar-refractivity contribution in [2.24, 2.45) is 0 Å². The highest BCUT2D eigenvalue weighted by Crippen LogP contribution is 2.27. The molecule has 0 aliphatic carbocycles. The van der Waals surface area contributed by atoms with E-state index < -0.39 is 6.04 Å². The number of hydrogen-bond donors (Lipinski definition) is 0. The lowest BCUT2D eigenvalue weighted by atomic mass is 10.1. The molecular formula is C26H24ClN3O2. The molecular weight excluding hydrogens is 422 g/mol. The Balaban J connectivity index is 1.85. The van der Waals surface area contributed by atoms with Crippen LogP contribution in [0, 0.1) is 0 Å². The van der Waals surface area contributed by atoms with Gasteiger partial charge in [0.05, 0.1) is 27.5 Å². The van der Waals surface area contributed by atoms with Crippen LogP contribution in [0.15, 0.2) is 83.7 Å². The molecule has 162 valence electrons. The monoisotopic (exact) mass is 445 g/mol. The minimum Gasteiger partial charge on any atom is -0.324 e. The van der Waals surface area contributed by atoms with Gasteiger partial charge in [0.2, 0.25) is 0 Å². The predicted molar refractivity (Wildman–Crippen MR) is 128 cm³/mol. The third kappa shape index (κ3) is 4.16. The van der Waals surface area contributed by atoms with E-state index in [2.05, 4.69) is 0 Å². The number of halogens is 1. The van der Waals surface area contributed by atoms with Gasteiger partial charge in [-0.25, -0.2) is 4.98 Å². The Labute approximate surface area is 191 Å². The fourth-order valence-corrected chi connectivity index (χ4v) is 4.12. The molecule has 3 aromatic carbocycles. The first-order valence-electron chi connectivity index (χ1n) is 10.6. The summed E-state index contributed by atoms with van der Waals surface area (Å²) in [7, 11) is 0. The molecule has 0 saturated carbocycles. The topological polar surface area (TPSA) is 55.2 Å². The lowest BCUT2D eigenvalue weighted by Crippen LogP contribution is -2.37. The Morgan fingerprint density at radius 1 is 1.00 bits per heavy atom. The predicted octanol–water partition coefficient (Wildman–Crippen LogP) is 5.47. The van der Waals surface area contributed by atoms with Crippen LogP contribution in [0.3, 0.4) is 0 Å². The molecule has 0 aliphatic rings. The standard InChI is InChI=1S/C26H24ClN3O2/c1-3-29-24(28-23-16-10-8-14-21(23)26(29)32)18(2)30(17-19-11-5-4-6-12-19)25(31)20-13-7-9-15-22(20)27/h4-16,18H,3,17H2,1-2H3. The Morgan fingerprint density at radius 2 is 1.66 bits per heavy atom. The van der Waals surface area contributed by atoms with Crippen LogP contribution in [-0.2, 0) is 13.1 Å². The van der Waals surface area contributed by atoms with E-state index in [0.29, 0.717) is 40.4 Å². The molecule has 0 fully saturated rings. The molecule has 4 aromatic rings. The zero-order valence-electron chi connectivity index (χ0n) is 18.0. The summed E-state index contributed by atoms with van der Waals surface area (Å²) in [4.78, 5) is 33.3. The normalized spacial score (nSPS) is 12.0. The molecule has 1 atom stereocenters. The average Bonchev–Trinajstić information content (AvgIpc) is 2.82. The minimum absolute atomic E-state index is 0.107. The SMILES string of the molecule is CCn1c(C(C)N(Cc2ccccc2)C(=O)c2ccccc2Cl)nc2ccccc2c1=O. The van der Waals surface area contributed by atoms with Crippen molar-refractivity contribution in [2.75, 3.05) is 0 Å². The summed E-state index contributed by atoms with van der Waals surface area (Å²) in [6.45, 7) is 4.63. The molecule has 1 heterocycles. The summed E-state index contributed by atoms with van der Waals surface area (Å²) in [6.07, 6.45) is 0. The second-order valence-corrected chi connectivity index (χ2v) is 8.02. The number of fused-ring (bicyclic) bond motifs is 1. The van der Waals surface area contributed by atoms with Crippen molar-refractivity contribution in [1.82, 2.24) is 14.5 Å². The number of nitrogens with zero attached hydrogens (tertiary/aromatic N) is 3. The molecule has 0 radical (unpaired) electrons. The number of benzene rings is 3. The van der Waals surface area contributed by atoms with Gasteiger partial charge in [0.1, 0.15) is 5.82 Å². The second kappa shape index (κ2) is 9.37. The molecule has 6 heteroatoms. The lowest BCUT2D eigenvalue weighted by molar-refractivity contribution is 0.0662. The largest absolute Gasteiger partial charge is 0.324 e. The van der Waals surface area contributed by atoms with Gasteiger partial charge in [-0.3, -0.25) is 14.2 Å². The molecule has 1 amide bonds. The van der Waals surface area contributed by atoms with Crippen LogP contribution < -0.4 is 5.56 Å². The van der Waals surface area contributed by atoms with Gasteiger partial charge in [0, 0.05) is 13.1 Å². The van der Waals surface area contributed by atoms with Gasteiger partial charge in [-0.15, -0.1) is 0 Å². The Hall–Kier alpha value is -3.44. The van der Waals surface area contributed by atoms with E-state index >= 15 is 0 Å². The summed E-state index contributed by atoms with van der Waals surface area (Å²) >= 11 is 6.36. The molecule has 0 N–H and O–H groups in total. The lowest BCUT2D eigenvalue weighted by Gasteiger charge is -2.31. The quantitative estimate of drug-likeness (QED) is 0.395. The van der Waals surface area contributed by atoms with Crippen molar-refractivity contribution in [3.63, 3.8) is 0 Å². The highest BCUT2D eigenvalue weighted by Gasteiger charge is 2.28. The first-order chi connectivity index (χ1) is 15.5. The average molecular weight is 446 g/mol. The van der Waals surface area contributed by atoms with Gasteiger partial charge in [0.25, 0.3) is 11.5 Å². The molecule has 1 aromatic heterocycles. The van der Waals surface area contributed by atoms with Crippen molar-refractivity contribution >= 4 is 28.4 Å². The van der Waals surface area contributed by atoms with Crippen LogP contribution in [0.5, 0.6) is 0 Å². The number of rotatable bonds is 6. The first-order valence-corrected chi connectivity index (χ1v) is 11.0. The Kier molecular flexibility index (Phi) is 6.37. The van der Waals surface area contributed by atoms with Gasteiger partial charge in [-0.2, -0.15) is 0 Å². The van der Waals surface area contributed by atoms with E-state index in [9.17, 15) is 9.59 Å². The van der Waals surface area contributed by atoms with E-state index in [4.69, 9.17) is 16.6 Å². The zero-order valence-corrected chi connectivity index (χ0v) is 18.8. The molecule has 32 heavy (non-hydrogen) atoms. The van der Waals surface area contributed by atoms with E-state index in [1.54, 1.807) is 39.8 Å². The van der Waals surface area contributed by atoms with Gasteiger partial charge >= 0.3 is 0 Å². The molecule has 0 saturated heterocycles. The van der Waals surface area contributed by atoms with Gasteiger partial charge in [-0.05, 0) is 43.7 Å². The summed E-state index contributed by atoms with van der Waals surface area (Å²) < 4.78 is 1.64. The number of amides is 1. The highest BCUT2D eigenvalue weighted by molar-refractivity contribution is 6.33. The van der Waals surface area contributed by atoms with Crippen LogP contribution in [-0.4, -0.2) is 20.4 Å². The van der Waals surface area contributed by atoms with E-state index in [0.717, 1.165) is 5.56 Å². The number of aromatic nitrogens is 2. The molecule has 0 bridgehead atoms. The van der Waals surface area contributed by atoms with Crippen LogP contribution in [0.2, 0.25) is 5.02 Å². The number of hydrogen-bond acceptors (Lipinski definition) is 3. The Bertz CT molecular complexity index is 1320. The van der Waals surface area contributed by atoms with Crippen molar-refractivity contribution in [3.8, 4) is 0 Å². The van der Waals surface area contributed by atoms with E-state index in [-0.39, 0.29) is 11.5 Å². The third-order valence-electron chi connectivity index (χ3n) is 5.61. The van der Waals surface area contributed by atoms with Crippen molar-refractivity contribution in [1.29, 1.82) is 0 Å². The van der Waals surface area contributed by atoms with Crippen LogP contribution in [0.4, 0.5) is 0 Å². The van der Waals surface area contributed by atoms with Gasteiger partial charge in [-0.1, -0.05) is 66.2 Å². The molecule has 1 unspecified atom stereocenters. The summed E-state index contributed by atoms with van der Waals surface area (Å²) in [5.41, 5.74) is 1.91. The van der Waals surface area contributed by atoms with Crippen molar-refractivity contribution in [3.05, 3.63) is 111 Å². The fourth-order valence-electron chi connectivity index (χ4n) is 3.90. The summed E-state index contributed by atoms with van der Waals surface area (Å²) in [5, 5.41) is 0.958. The minimum atomic E-state index is -0.462. The number of carbonyl (C=O) groups is 1. The van der Waals surface area contributed by atoms with Crippen molar-refractivity contribution < 1.29 is 4.79 Å². The van der Waals surface area contributed by atoms with E-state index in [1.807, 2.05) is 62.4 Å². The second-order valence-electron chi connectivity index (χ2n) is 7.61. The maximum atomic E-state index is 13.7. The van der Waals surface area contributed by atoms with Crippen LogP contribution in [0.1, 0.15) is 41.6 Å². The highest BCUT2D eigenvalue weighted by atomic mass is 35.5. The van der Waals surface area contributed by atoms with Crippen LogP contribution >= 0.6 is 11.6 Å². The van der Waals surface area contributed by atoms with E-state index in [1.165, 1.54) is 0 Å².